The summed E-state index contributed by atoms with van der Waals surface area (Å²) >= 11 is 0. The highest BCUT2D eigenvalue weighted by molar-refractivity contribution is 5.24. The largest absolute Gasteiger partial charge is 0.330 e. The minimum Gasteiger partial charge on any atom is -0.330 e. The summed E-state index contributed by atoms with van der Waals surface area (Å²) in [6.45, 7) is 9.58. The fourth-order valence-electron chi connectivity index (χ4n) is 1.89. The second-order valence-electron chi connectivity index (χ2n) is 5.53. The molecule has 0 spiro atoms. The number of hydrogen-bond donors (Lipinski definition) is 2. The first-order chi connectivity index (χ1) is 8.63. The number of nitrogens with one attached hydrogen (secondary N) is 1. The lowest BCUT2D eigenvalue weighted by Gasteiger charge is -2.10. The molecule has 0 radical (unpaired) electrons. The molecule has 0 fully saturated rings. The molecular formula is C16H28N2. The lowest BCUT2D eigenvalue weighted by Crippen LogP contribution is -2.22. The molecule has 0 saturated heterocycles. The summed E-state index contributed by atoms with van der Waals surface area (Å²) in [4.78, 5) is 0. The van der Waals surface area contributed by atoms with Crippen LogP contribution in [0.2, 0.25) is 0 Å². The van der Waals surface area contributed by atoms with Gasteiger partial charge in [0.2, 0.25) is 0 Å². The molecule has 1 rings (SSSR count). The maximum atomic E-state index is 5.59. The number of benzene rings is 1. The first-order valence-electron chi connectivity index (χ1n) is 7.13. The average molecular weight is 248 g/mol. The van der Waals surface area contributed by atoms with Gasteiger partial charge >= 0.3 is 0 Å². The molecule has 2 heteroatoms. The molecule has 0 aliphatic heterocycles. The Kier molecular flexibility index (Phi) is 6.99. The summed E-state index contributed by atoms with van der Waals surface area (Å²) in [6, 6.07) is 8.99. The van der Waals surface area contributed by atoms with Crippen molar-refractivity contribution in [3.05, 3.63) is 35.4 Å². The van der Waals surface area contributed by atoms with Crippen molar-refractivity contribution in [3.63, 3.8) is 0 Å². The average Bonchev–Trinajstić information content (AvgIpc) is 2.38. The molecular weight excluding hydrogens is 220 g/mol. The van der Waals surface area contributed by atoms with Crippen molar-refractivity contribution in [2.75, 3.05) is 19.6 Å². The molecule has 0 aromatic heterocycles. The molecule has 18 heavy (non-hydrogen) atoms. The van der Waals surface area contributed by atoms with E-state index < -0.39 is 0 Å². The normalized spacial score (nSPS) is 12.9. The maximum absolute atomic E-state index is 5.59. The zero-order valence-corrected chi connectivity index (χ0v) is 12.1. The second-order valence-corrected chi connectivity index (χ2v) is 5.53. The first kappa shape index (κ1) is 15.2. The Hall–Kier alpha value is -0.860. The highest BCUT2D eigenvalue weighted by Gasteiger charge is 2.00. The molecule has 0 saturated carbocycles. The Labute approximate surface area is 112 Å². The van der Waals surface area contributed by atoms with Crippen LogP contribution in [0.3, 0.4) is 0 Å². The van der Waals surface area contributed by atoms with Gasteiger partial charge in [0.05, 0.1) is 0 Å². The highest BCUT2D eigenvalue weighted by atomic mass is 14.8. The van der Waals surface area contributed by atoms with Crippen LogP contribution in [0.25, 0.3) is 0 Å². The van der Waals surface area contributed by atoms with E-state index in [1.807, 2.05) is 0 Å². The highest BCUT2D eigenvalue weighted by Crippen LogP contribution is 2.14. The monoisotopic (exact) mass is 248 g/mol. The number of nitrogens with two attached hydrogens (primary N) is 1. The van der Waals surface area contributed by atoms with Crippen LogP contribution in [-0.2, 0) is 6.42 Å². The third kappa shape index (κ3) is 5.65. The van der Waals surface area contributed by atoms with Gasteiger partial charge in [0.15, 0.2) is 0 Å². The minimum atomic E-state index is 0.620. The molecule has 0 amide bonds. The van der Waals surface area contributed by atoms with Crippen molar-refractivity contribution in [2.24, 2.45) is 11.7 Å². The van der Waals surface area contributed by atoms with E-state index in [1.165, 1.54) is 17.5 Å². The van der Waals surface area contributed by atoms with Gasteiger partial charge in [0.1, 0.15) is 0 Å². The summed E-state index contributed by atoms with van der Waals surface area (Å²) in [7, 11) is 0. The Bertz CT molecular complexity index is 316. The minimum absolute atomic E-state index is 0.620. The van der Waals surface area contributed by atoms with Gasteiger partial charge in [-0.2, -0.15) is 0 Å². The summed E-state index contributed by atoms with van der Waals surface area (Å²) in [6.07, 6.45) is 2.28. The standard InChI is InChI=1S/C16H28N2/c1-13(2)16-6-4-15(5-7-16)9-11-18-10-8-14(3)12-17/h4-7,13-14,18H,8-12,17H2,1-3H3. The van der Waals surface area contributed by atoms with E-state index in [0.29, 0.717) is 11.8 Å². The smallest absolute Gasteiger partial charge is 0.000835 e. The fraction of sp³-hybridized carbons (Fsp3) is 0.625. The third-order valence-electron chi connectivity index (χ3n) is 3.45. The van der Waals surface area contributed by atoms with Crippen molar-refractivity contribution < 1.29 is 0 Å². The zero-order valence-electron chi connectivity index (χ0n) is 12.1. The molecule has 0 heterocycles. The summed E-state index contributed by atoms with van der Waals surface area (Å²) in [5.41, 5.74) is 8.42. The summed E-state index contributed by atoms with van der Waals surface area (Å²) in [5, 5.41) is 3.48. The molecule has 0 aliphatic carbocycles. The van der Waals surface area contributed by atoms with Crippen LogP contribution in [0.15, 0.2) is 24.3 Å². The Balaban J connectivity index is 2.19. The van der Waals surface area contributed by atoms with Gasteiger partial charge in [0.25, 0.3) is 0 Å². The van der Waals surface area contributed by atoms with Crippen molar-refractivity contribution in [2.45, 2.75) is 39.5 Å². The van der Waals surface area contributed by atoms with Gasteiger partial charge in [-0.15, -0.1) is 0 Å². The zero-order chi connectivity index (χ0) is 13.4. The van der Waals surface area contributed by atoms with Crippen molar-refractivity contribution in [3.8, 4) is 0 Å². The quantitative estimate of drug-likeness (QED) is 0.694. The molecule has 1 aromatic carbocycles. The Morgan fingerprint density at radius 1 is 1.06 bits per heavy atom. The van der Waals surface area contributed by atoms with Crippen LogP contribution in [0.4, 0.5) is 0 Å². The van der Waals surface area contributed by atoms with Crippen molar-refractivity contribution >= 4 is 0 Å². The van der Waals surface area contributed by atoms with E-state index in [0.717, 1.165) is 26.1 Å². The molecule has 102 valence electrons. The summed E-state index contributed by atoms with van der Waals surface area (Å²) in [5.74, 6) is 1.25. The fourth-order valence-corrected chi connectivity index (χ4v) is 1.89. The van der Waals surface area contributed by atoms with E-state index in [-0.39, 0.29) is 0 Å². The molecule has 2 nitrogen and oxygen atoms in total. The van der Waals surface area contributed by atoms with Gasteiger partial charge in [-0.25, -0.2) is 0 Å². The molecule has 1 unspecified atom stereocenters. The lowest BCUT2D eigenvalue weighted by molar-refractivity contribution is 0.511. The Morgan fingerprint density at radius 3 is 2.28 bits per heavy atom. The van der Waals surface area contributed by atoms with Gasteiger partial charge in [0, 0.05) is 0 Å². The van der Waals surface area contributed by atoms with Gasteiger partial charge in [-0.3, -0.25) is 0 Å². The van der Waals surface area contributed by atoms with Crippen LogP contribution in [0.1, 0.15) is 44.2 Å². The first-order valence-corrected chi connectivity index (χ1v) is 7.13. The summed E-state index contributed by atoms with van der Waals surface area (Å²) < 4.78 is 0. The second kappa shape index (κ2) is 8.28. The van der Waals surface area contributed by atoms with E-state index in [4.69, 9.17) is 5.73 Å². The molecule has 0 aliphatic rings. The number of hydrogen-bond acceptors (Lipinski definition) is 2. The van der Waals surface area contributed by atoms with Gasteiger partial charge in [-0.05, 0) is 55.4 Å². The van der Waals surface area contributed by atoms with Crippen LogP contribution in [-0.4, -0.2) is 19.6 Å². The van der Waals surface area contributed by atoms with Gasteiger partial charge < -0.3 is 11.1 Å². The van der Waals surface area contributed by atoms with E-state index >= 15 is 0 Å². The van der Waals surface area contributed by atoms with E-state index in [1.54, 1.807) is 0 Å². The van der Waals surface area contributed by atoms with Crippen LogP contribution >= 0.6 is 0 Å². The topological polar surface area (TPSA) is 38.0 Å². The molecule has 1 atom stereocenters. The van der Waals surface area contributed by atoms with Crippen LogP contribution < -0.4 is 11.1 Å². The molecule has 0 bridgehead atoms. The van der Waals surface area contributed by atoms with Crippen molar-refractivity contribution in [1.82, 2.24) is 5.32 Å². The van der Waals surface area contributed by atoms with E-state index in [2.05, 4.69) is 50.4 Å². The molecule has 1 aromatic rings. The van der Waals surface area contributed by atoms with Crippen LogP contribution in [0.5, 0.6) is 0 Å². The van der Waals surface area contributed by atoms with E-state index in [9.17, 15) is 0 Å². The predicted molar refractivity (Wildman–Crippen MR) is 79.9 cm³/mol. The third-order valence-corrected chi connectivity index (χ3v) is 3.45. The van der Waals surface area contributed by atoms with Gasteiger partial charge in [-0.1, -0.05) is 45.0 Å². The maximum Gasteiger partial charge on any atom is -0.000835 e. The number of rotatable bonds is 8. The predicted octanol–water partition coefficient (Wildman–Crippen LogP) is 2.93. The Morgan fingerprint density at radius 2 is 1.72 bits per heavy atom. The van der Waals surface area contributed by atoms with Crippen molar-refractivity contribution in [1.29, 1.82) is 0 Å². The van der Waals surface area contributed by atoms with Crippen LogP contribution in [0, 0.1) is 5.92 Å². The lowest BCUT2D eigenvalue weighted by atomic mass is 10.0. The SMILES string of the molecule is CC(CN)CCNCCc1ccc(C(C)C)cc1. The molecule has 3 N–H and O–H groups in total.